The second-order valence-electron chi connectivity index (χ2n) is 5.68. The number of halogens is 1. The molecule has 25 heavy (non-hydrogen) atoms. The molecule has 4 nitrogen and oxygen atoms in total. The number of hydrogen-bond acceptors (Lipinski definition) is 2. The Morgan fingerprint density at radius 1 is 1.08 bits per heavy atom. The van der Waals surface area contributed by atoms with Crippen LogP contribution in [0.3, 0.4) is 0 Å². The van der Waals surface area contributed by atoms with E-state index >= 15 is 0 Å². The topological polar surface area (TPSA) is 46.4 Å². The van der Waals surface area contributed by atoms with E-state index in [0.29, 0.717) is 16.3 Å². The Labute approximate surface area is 151 Å². The van der Waals surface area contributed by atoms with Crippen molar-refractivity contribution in [2.75, 3.05) is 5.43 Å². The van der Waals surface area contributed by atoms with Crippen LogP contribution >= 0.6 is 11.6 Å². The Bertz CT molecular complexity index is 929. The summed E-state index contributed by atoms with van der Waals surface area (Å²) in [6.45, 7) is 3.87. The maximum absolute atomic E-state index is 12.4. The first-order chi connectivity index (χ1) is 12.1. The molecule has 1 heterocycles. The molecule has 0 bridgehead atoms. The van der Waals surface area contributed by atoms with Crippen molar-refractivity contribution in [3.8, 4) is 0 Å². The van der Waals surface area contributed by atoms with Crippen molar-refractivity contribution < 1.29 is 4.79 Å². The molecule has 1 amide bonds. The smallest absolute Gasteiger partial charge is 0.267 e. The average Bonchev–Trinajstić information content (AvgIpc) is 2.89. The van der Waals surface area contributed by atoms with E-state index in [4.69, 9.17) is 11.6 Å². The molecule has 0 aliphatic rings. The fraction of sp³-hybridized carbons (Fsp3) is 0.100. The lowest BCUT2D eigenvalue weighted by Crippen LogP contribution is -2.24. The molecule has 0 aliphatic carbocycles. The lowest BCUT2D eigenvalue weighted by atomic mass is 10.2. The number of amides is 1. The SMILES string of the molecule is Cc1cc(C=Nc2ccccc2Cl)c(C)n1NC(=O)c1ccccc1. The van der Waals surface area contributed by atoms with Gasteiger partial charge < -0.3 is 0 Å². The molecule has 0 saturated heterocycles. The number of para-hydroxylation sites is 1. The highest BCUT2D eigenvalue weighted by Crippen LogP contribution is 2.24. The number of aromatic nitrogens is 1. The van der Waals surface area contributed by atoms with Gasteiger partial charge in [-0.2, -0.15) is 0 Å². The monoisotopic (exact) mass is 351 g/mol. The normalized spacial score (nSPS) is 11.0. The highest BCUT2D eigenvalue weighted by molar-refractivity contribution is 6.33. The summed E-state index contributed by atoms with van der Waals surface area (Å²) in [4.78, 5) is 16.8. The Balaban J connectivity index is 1.84. The van der Waals surface area contributed by atoms with Gasteiger partial charge in [0, 0.05) is 28.7 Å². The van der Waals surface area contributed by atoms with Crippen LogP contribution in [0.15, 0.2) is 65.7 Å². The largest absolute Gasteiger partial charge is 0.270 e. The number of aliphatic imine (C=N–C) groups is 1. The van der Waals surface area contributed by atoms with Gasteiger partial charge in [0.1, 0.15) is 0 Å². The van der Waals surface area contributed by atoms with E-state index < -0.39 is 0 Å². The molecule has 0 unspecified atom stereocenters. The van der Waals surface area contributed by atoms with Crippen LogP contribution in [-0.2, 0) is 0 Å². The third kappa shape index (κ3) is 3.80. The minimum atomic E-state index is -0.156. The number of carbonyl (C=O) groups excluding carboxylic acids is 1. The molecule has 0 spiro atoms. The van der Waals surface area contributed by atoms with Crippen molar-refractivity contribution >= 4 is 29.4 Å². The van der Waals surface area contributed by atoms with Crippen LogP contribution < -0.4 is 5.43 Å². The molecule has 1 N–H and O–H groups in total. The van der Waals surface area contributed by atoms with Gasteiger partial charge in [0.15, 0.2) is 0 Å². The molecule has 5 heteroatoms. The van der Waals surface area contributed by atoms with Crippen LogP contribution in [0.4, 0.5) is 5.69 Å². The number of nitrogens with zero attached hydrogens (tertiary/aromatic N) is 2. The molecular formula is C20H18ClN3O. The van der Waals surface area contributed by atoms with Crippen molar-refractivity contribution in [3.63, 3.8) is 0 Å². The summed E-state index contributed by atoms with van der Waals surface area (Å²) in [5, 5.41) is 0.602. The van der Waals surface area contributed by atoms with Crippen molar-refractivity contribution in [2.24, 2.45) is 4.99 Å². The standard InChI is InChI=1S/C20H18ClN3O/c1-14-12-17(13-22-19-11-7-6-10-18(19)21)15(2)24(14)23-20(25)16-8-4-3-5-9-16/h3-13H,1-2H3,(H,23,25). The van der Waals surface area contributed by atoms with Gasteiger partial charge in [-0.15, -0.1) is 0 Å². The van der Waals surface area contributed by atoms with Gasteiger partial charge in [0.25, 0.3) is 5.91 Å². The number of aryl methyl sites for hydroxylation is 1. The Morgan fingerprint density at radius 2 is 1.76 bits per heavy atom. The predicted molar refractivity (Wildman–Crippen MR) is 103 cm³/mol. The molecular weight excluding hydrogens is 334 g/mol. The van der Waals surface area contributed by atoms with Gasteiger partial charge >= 0.3 is 0 Å². The summed E-state index contributed by atoms with van der Waals surface area (Å²) in [5.74, 6) is -0.156. The molecule has 0 saturated carbocycles. The second-order valence-corrected chi connectivity index (χ2v) is 6.09. The molecule has 3 rings (SSSR count). The summed E-state index contributed by atoms with van der Waals surface area (Å²) in [6, 6.07) is 18.5. The number of benzene rings is 2. The van der Waals surface area contributed by atoms with Crippen LogP contribution in [-0.4, -0.2) is 16.8 Å². The van der Waals surface area contributed by atoms with Gasteiger partial charge in [-0.3, -0.25) is 19.9 Å². The maximum Gasteiger partial charge on any atom is 0.270 e. The van der Waals surface area contributed by atoms with E-state index in [1.54, 1.807) is 29.1 Å². The van der Waals surface area contributed by atoms with Crippen LogP contribution in [0.1, 0.15) is 27.3 Å². The van der Waals surface area contributed by atoms with Gasteiger partial charge in [-0.1, -0.05) is 41.9 Å². The van der Waals surface area contributed by atoms with Crippen molar-refractivity contribution in [1.82, 2.24) is 4.68 Å². The van der Waals surface area contributed by atoms with Gasteiger partial charge in [-0.25, -0.2) is 0 Å². The zero-order chi connectivity index (χ0) is 17.8. The fourth-order valence-electron chi connectivity index (χ4n) is 2.54. The van der Waals surface area contributed by atoms with Crippen LogP contribution in [0.2, 0.25) is 5.02 Å². The molecule has 0 radical (unpaired) electrons. The first kappa shape index (κ1) is 17.0. The molecule has 3 aromatic rings. The van der Waals surface area contributed by atoms with E-state index in [-0.39, 0.29) is 5.91 Å². The summed E-state index contributed by atoms with van der Waals surface area (Å²) >= 11 is 6.13. The molecule has 126 valence electrons. The van der Waals surface area contributed by atoms with E-state index in [2.05, 4.69) is 10.4 Å². The van der Waals surface area contributed by atoms with E-state index in [1.807, 2.05) is 56.3 Å². The number of carbonyl (C=O) groups is 1. The fourth-order valence-corrected chi connectivity index (χ4v) is 2.73. The zero-order valence-electron chi connectivity index (χ0n) is 14.0. The van der Waals surface area contributed by atoms with E-state index in [9.17, 15) is 4.79 Å². The van der Waals surface area contributed by atoms with Crippen molar-refractivity contribution in [2.45, 2.75) is 13.8 Å². The van der Waals surface area contributed by atoms with E-state index in [1.165, 1.54) is 0 Å². The van der Waals surface area contributed by atoms with Crippen molar-refractivity contribution in [3.05, 3.63) is 88.2 Å². The summed E-state index contributed by atoms with van der Waals surface area (Å²) in [5.41, 5.74) is 6.98. The molecule has 0 atom stereocenters. The molecule has 0 fully saturated rings. The first-order valence-electron chi connectivity index (χ1n) is 7.90. The highest BCUT2D eigenvalue weighted by Gasteiger charge is 2.11. The number of rotatable bonds is 4. The lowest BCUT2D eigenvalue weighted by Gasteiger charge is -2.11. The lowest BCUT2D eigenvalue weighted by molar-refractivity contribution is 0.101. The average molecular weight is 352 g/mol. The first-order valence-corrected chi connectivity index (χ1v) is 8.28. The van der Waals surface area contributed by atoms with Gasteiger partial charge in [-0.05, 0) is 44.2 Å². The predicted octanol–water partition coefficient (Wildman–Crippen LogP) is 4.89. The summed E-state index contributed by atoms with van der Waals surface area (Å²) in [7, 11) is 0. The number of hydrogen-bond donors (Lipinski definition) is 1. The van der Waals surface area contributed by atoms with Crippen LogP contribution in [0.25, 0.3) is 0 Å². The third-order valence-corrected chi connectivity index (χ3v) is 4.23. The minimum Gasteiger partial charge on any atom is -0.267 e. The second kappa shape index (κ2) is 7.36. The quantitative estimate of drug-likeness (QED) is 0.668. The van der Waals surface area contributed by atoms with Crippen LogP contribution in [0.5, 0.6) is 0 Å². The third-order valence-electron chi connectivity index (χ3n) is 3.91. The van der Waals surface area contributed by atoms with E-state index in [0.717, 1.165) is 17.0 Å². The zero-order valence-corrected chi connectivity index (χ0v) is 14.8. The molecule has 1 aromatic heterocycles. The highest BCUT2D eigenvalue weighted by atomic mass is 35.5. The van der Waals surface area contributed by atoms with Crippen LogP contribution in [0, 0.1) is 13.8 Å². The Hall–Kier alpha value is -2.85. The summed E-state index contributed by atoms with van der Waals surface area (Å²) < 4.78 is 1.77. The Morgan fingerprint density at radius 3 is 2.48 bits per heavy atom. The Kier molecular flexibility index (Phi) is 5.00. The van der Waals surface area contributed by atoms with Gasteiger partial charge in [0.2, 0.25) is 0 Å². The summed E-state index contributed by atoms with van der Waals surface area (Å²) in [6.07, 6.45) is 1.76. The molecule has 2 aromatic carbocycles. The minimum absolute atomic E-state index is 0.156. The maximum atomic E-state index is 12.4. The number of nitrogens with one attached hydrogen (secondary N) is 1. The van der Waals surface area contributed by atoms with Crippen molar-refractivity contribution in [1.29, 1.82) is 0 Å². The molecule has 0 aliphatic heterocycles. The van der Waals surface area contributed by atoms with Gasteiger partial charge in [0.05, 0.1) is 10.7 Å².